The highest BCUT2D eigenvalue weighted by molar-refractivity contribution is 7.98. The predicted octanol–water partition coefficient (Wildman–Crippen LogP) is 2.20. The molecule has 0 saturated heterocycles. The van der Waals surface area contributed by atoms with Gasteiger partial charge in [0.25, 0.3) is 0 Å². The predicted molar refractivity (Wildman–Crippen MR) is 83.2 cm³/mol. The smallest absolute Gasteiger partial charge is 0.250 e. The average molecular weight is 320 g/mol. The van der Waals surface area contributed by atoms with Crippen LogP contribution in [0.2, 0.25) is 0 Å². The van der Waals surface area contributed by atoms with Gasteiger partial charge in [0.1, 0.15) is 5.75 Å². The fourth-order valence-electron chi connectivity index (χ4n) is 1.68. The molecule has 1 amide bonds. The number of carbonyl (C=O) groups is 2. The number of aromatic nitrogens is 3. The molecular formula is C14H16N4O3S. The highest BCUT2D eigenvalue weighted by Gasteiger charge is 2.14. The van der Waals surface area contributed by atoms with Gasteiger partial charge < -0.3 is 4.74 Å². The third kappa shape index (κ3) is 4.08. The first kappa shape index (κ1) is 16.0. The second kappa shape index (κ2) is 7.08. The summed E-state index contributed by atoms with van der Waals surface area (Å²) in [6, 6.07) is 7.62. The summed E-state index contributed by atoms with van der Waals surface area (Å²) in [5.74, 6) is 0.984. The van der Waals surface area contributed by atoms with Gasteiger partial charge in [0, 0.05) is 19.6 Å². The van der Waals surface area contributed by atoms with Crippen LogP contribution in [0.4, 0.5) is 5.95 Å². The number of hydrogen-bond donors (Lipinski definition) is 1. The lowest BCUT2D eigenvalue weighted by Gasteiger charge is -2.03. The number of hydrogen-bond acceptors (Lipinski definition) is 6. The first-order valence-corrected chi connectivity index (χ1v) is 7.49. The van der Waals surface area contributed by atoms with E-state index in [4.69, 9.17) is 4.74 Å². The topological polar surface area (TPSA) is 86.1 Å². The lowest BCUT2D eigenvalue weighted by Crippen LogP contribution is -2.11. The first-order valence-electron chi connectivity index (χ1n) is 6.51. The number of carbonyl (C=O) groups excluding carboxylic acids is 2. The zero-order valence-electron chi connectivity index (χ0n) is 12.5. The second-order valence-corrected chi connectivity index (χ2v) is 5.41. The maximum Gasteiger partial charge on any atom is 0.250 e. The number of nitrogens with zero attached hydrogens (tertiary/aromatic N) is 3. The van der Waals surface area contributed by atoms with Crippen LogP contribution < -0.4 is 10.1 Å². The summed E-state index contributed by atoms with van der Waals surface area (Å²) in [6.07, 6.45) is 0. The average Bonchev–Trinajstić information content (AvgIpc) is 2.88. The molecule has 22 heavy (non-hydrogen) atoms. The Hall–Kier alpha value is -2.35. The Labute approximate surface area is 132 Å². The molecule has 0 bridgehead atoms. The molecule has 0 radical (unpaired) electrons. The Morgan fingerprint density at radius 1 is 1.27 bits per heavy atom. The lowest BCUT2D eigenvalue weighted by molar-refractivity contribution is -0.114. The summed E-state index contributed by atoms with van der Waals surface area (Å²) >= 11 is 1.37. The molecule has 0 fully saturated rings. The third-order valence-electron chi connectivity index (χ3n) is 2.69. The van der Waals surface area contributed by atoms with E-state index in [2.05, 4.69) is 15.4 Å². The van der Waals surface area contributed by atoms with E-state index >= 15 is 0 Å². The number of rotatable bonds is 5. The minimum atomic E-state index is -0.285. The highest BCUT2D eigenvalue weighted by atomic mass is 32.2. The van der Waals surface area contributed by atoms with Crippen LogP contribution in [0.5, 0.6) is 5.75 Å². The number of nitrogens with one attached hydrogen (secondary N) is 1. The summed E-state index contributed by atoms with van der Waals surface area (Å²) in [5, 5.41) is 6.88. The fraction of sp³-hybridized carbons (Fsp3) is 0.286. The summed E-state index contributed by atoms with van der Waals surface area (Å²) in [6.45, 7) is 2.75. The normalized spacial score (nSPS) is 10.3. The van der Waals surface area contributed by atoms with Crippen molar-refractivity contribution in [2.45, 2.75) is 24.8 Å². The third-order valence-corrected chi connectivity index (χ3v) is 3.69. The monoisotopic (exact) mass is 320 g/mol. The summed E-state index contributed by atoms with van der Waals surface area (Å²) in [4.78, 5) is 26.8. The number of ether oxygens (including phenoxy) is 1. The van der Waals surface area contributed by atoms with Gasteiger partial charge in [0.05, 0.1) is 7.11 Å². The van der Waals surface area contributed by atoms with Crippen LogP contribution in [0.25, 0.3) is 0 Å². The number of thioether (sulfide) groups is 1. The van der Waals surface area contributed by atoms with Gasteiger partial charge in [-0.05, 0) is 17.7 Å². The maximum atomic E-state index is 11.6. The maximum absolute atomic E-state index is 11.6. The van der Waals surface area contributed by atoms with E-state index in [0.29, 0.717) is 10.9 Å². The van der Waals surface area contributed by atoms with E-state index in [-0.39, 0.29) is 17.8 Å². The Kier molecular flexibility index (Phi) is 5.16. The molecule has 0 spiro atoms. The van der Waals surface area contributed by atoms with Crippen LogP contribution in [0, 0.1) is 0 Å². The molecular weight excluding hydrogens is 304 g/mol. The van der Waals surface area contributed by atoms with Crippen molar-refractivity contribution in [2.24, 2.45) is 0 Å². The number of methoxy groups -OCH3 is 1. The Bertz CT molecular complexity index is 682. The second-order valence-electron chi connectivity index (χ2n) is 4.47. The zero-order valence-corrected chi connectivity index (χ0v) is 13.3. The van der Waals surface area contributed by atoms with Crippen molar-refractivity contribution in [3.05, 3.63) is 29.8 Å². The van der Waals surface area contributed by atoms with Gasteiger partial charge in [-0.2, -0.15) is 9.67 Å². The van der Waals surface area contributed by atoms with E-state index in [1.807, 2.05) is 24.3 Å². The SMILES string of the molecule is COc1ccc(CSc2nc(NC(C)=O)nn2C(C)=O)cc1. The first-order chi connectivity index (χ1) is 10.5. The fourth-order valence-corrected chi connectivity index (χ4v) is 2.61. The number of benzene rings is 1. The molecule has 1 aromatic carbocycles. The van der Waals surface area contributed by atoms with Crippen LogP contribution in [-0.2, 0) is 10.5 Å². The number of anilines is 1. The van der Waals surface area contributed by atoms with Gasteiger partial charge in [0.15, 0.2) is 5.16 Å². The van der Waals surface area contributed by atoms with Crippen molar-refractivity contribution in [1.82, 2.24) is 14.8 Å². The summed E-state index contributed by atoms with van der Waals surface area (Å²) in [7, 11) is 1.61. The molecule has 1 aromatic heterocycles. The van der Waals surface area contributed by atoms with Gasteiger partial charge in [-0.25, -0.2) is 0 Å². The van der Waals surface area contributed by atoms with Crippen molar-refractivity contribution in [3.8, 4) is 5.75 Å². The van der Waals surface area contributed by atoms with Crippen molar-refractivity contribution >= 4 is 29.5 Å². The standard InChI is InChI=1S/C14H16N4O3S/c1-9(19)15-13-16-14(18(17-13)10(2)20)22-8-11-4-6-12(21-3)7-5-11/h4-7H,8H2,1-3H3,(H,15,17,19). The van der Waals surface area contributed by atoms with Crippen molar-refractivity contribution in [3.63, 3.8) is 0 Å². The zero-order chi connectivity index (χ0) is 16.1. The molecule has 2 rings (SSSR count). The molecule has 0 aliphatic carbocycles. The van der Waals surface area contributed by atoms with Gasteiger partial charge >= 0.3 is 0 Å². The quantitative estimate of drug-likeness (QED) is 0.850. The van der Waals surface area contributed by atoms with Crippen molar-refractivity contribution in [2.75, 3.05) is 12.4 Å². The molecule has 8 heteroatoms. The van der Waals surface area contributed by atoms with Crippen LogP contribution in [0.3, 0.4) is 0 Å². The Balaban J connectivity index is 2.11. The summed E-state index contributed by atoms with van der Waals surface area (Å²) in [5.41, 5.74) is 1.06. The van der Waals surface area contributed by atoms with E-state index in [9.17, 15) is 9.59 Å². The molecule has 1 heterocycles. The highest BCUT2D eigenvalue weighted by Crippen LogP contribution is 2.23. The molecule has 7 nitrogen and oxygen atoms in total. The van der Waals surface area contributed by atoms with Gasteiger partial charge in [-0.3, -0.25) is 14.9 Å². The van der Waals surface area contributed by atoms with E-state index < -0.39 is 0 Å². The van der Waals surface area contributed by atoms with Crippen LogP contribution in [0.15, 0.2) is 29.4 Å². The molecule has 0 aliphatic rings. The van der Waals surface area contributed by atoms with Crippen LogP contribution in [0.1, 0.15) is 24.2 Å². The molecule has 0 unspecified atom stereocenters. The van der Waals surface area contributed by atoms with Crippen LogP contribution >= 0.6 is 11.8 Å². The molecule has 2 aromatic rings. The number of amides is 1. The molecule has 116 valence electrons. The van der Waals surface area contributed by atoms with Crippen LogP contribution in [-0.4, -0.2) is 33.7 Å². The molecule has 1 N–H and O–H groups in total. The Morgan fingerprint density at radius 3 is 2.50 bits per heavy atom. The minimum absolute atomic E-state index is 0.125. The van der Waals surface area contributed by atoms with E-state index in [1.54, 1.807) is 7.11 Å². The molecule has 0 saturated carbocycles. The summed E-state index contributed by atoms with van der Waals surface area (Å²) < 4.78 is 6.28. The van der Waals surface area contributed by atoms with Gasteiger partial charge in [-0.15, -0.1) is 5.10 Å². The van der Waals surface area contributed by atoms with E-state index in [1.165, 1.54) is 30.3 Å². The minimum Gasteiger partial charge on any atom is -0.497 e. The molecule has 0 aliphatic heterocycles. The molecule has 0 atom stereocenters. The largest absolute Gasteiger partial charge is 0.497 e. The van der Waals surface area contributed by atoms with Gasteiger partial charge in [-0.1, -0.05) is 23.9 Å². The van der Waals surface area contributed by atoms with Gasteiger partial charge in [0.2, 0.25) is 17.8 Å². The Morgan fingerprint density at radius 2 is 1.95 bits per heavy atom. The van der Waals surface area contributed by atoms with Crippen molar-refractivity contribution in [1.29, 1.82) is 0 Å². The van der Waals surface area contributed by atoms with Crippen molar-refractivity contribution < 1.29 is 14.3 Å². The lowest BCUT2D eigenvalue weighted by atomic mass is 10.2. The van der Waals surface area contributed by atoms with E-state index in [0.717, 1.165) is 11.3 Å².